The smallest absolute Gasteiger partial charge is 0.258 e. The summed E-state index contributed by atoms with van der Waals surface area (Å²) in [6.45, 7) is -3.59. The van der Waals surface area contributed by atoms with Crippen LogP contribution in [0.25, 0.3) is 0 Å². The summed E-state index contributed by atoms with van der Waals surface area (Å²) in [5.41, 5.74) is -3.23. The molecule has 0 saturated carbocycles. The van der Waals surface area contributed by atoms with E-state index in [4.69, 9.17) is 0 Å². The molecule has 16 nitrogen and oxygen atoms in total. The van der Waals surface area contributed by atoms with Crippen molar-refractivity contribution in [3.05, 3.63) is 50.6 Å². The summed E-state index contributed by atoms with van der Waals surface area (Å²) < 4.78 is 13.5. The van der Waals surface area contributed by atoms with Gasteiger partial charge in [0.05, 0.1) is 6.92 Å². The van der Waals surface area contributed by atoms with E-state index in [2.05, 4.69) is 0 Å². The molecule has 0 aromatic heterocycles. The first kappa shape index (κ1) is 18.7. The second-order valence-electron chi connectivity index (χ2n) is 4.02. The van der Waals surface area contributed by atoms with Gasteiger partial charge in [-0.15, -0.1) is 0 Å². The van der Waals surface area contributed by atoms with Crippen molar-refractivity contribution in [2.75, 3.05) is 13.1 Å². The molecule has 0 amide bonds. The number of hydrogen-bond donors (Lipinski definition) is 0. The molecule has 0 aromatic rings. The highest BCUT2D eigenvalue weighted by molar-refractivity contribution is 4.66. The fourth-order valence-corrected chi connectivity index (χ4v) is 1.11. The van der Waals surface area contributed by atoms with Crippen LogP contribution in [-0.2, 0) is 0 Å². The molecule has 0 aliphatic heterocycles. The summed E-state index contributed by atoms with van der Waals surface area (Å²) in [6, 6.07) is 0. The summed E-state index contributed by atoms with van der Waals surface area (Å²) in [6.07, 6.45) is 0. The molecule has 22 heavy (non-hydrogen) atoms. The van der Waals surface area contributed by atoms with E-state index in [-0.39, 0.29) is 0 Å². The second-order valence-corrected chi connectivity index (χ2v) is 4.02. The van der Waals surface area contributed by atoms with E-state index >= 15 is 0 Å². The average Bonchev–Trinajstić information content (AvgIpc) is 2.36. The van der Waals surface area contributed by atoms with Crippen LogP contribution >= 0.6 is 0 Å². The molecule has 0 bridgehead atoms. The Hall–Kier alpha value is -3.27. The van der Waals surface area contributed by atoms with Gasteiger partial charge in [0.2, 0.25) is 6.54 Å². The molecule has 0 aliphatic rings. The van der Waals surface area contributed by atoms with E-state index in [1.54, 1.807) is 0 Å². The van der Waals surface area contributed by atoms with Crippen molar-refractivity contribution in [1.82, 2.24) is 5.01 Å². The van der Waals surface area contributed by atoms with Crippen molar-refractivity contribution in [2.45, 2.75) is 18.5 Å². The number of hydrogen-bond acceptors (Lipinski definition) is 10. The topological polar surface area (TPSA) is 219 Å². The SMILES string of the molecule is CC(CN(CC(F)([N+](=O)[O-])[N+](=O)[O-])[N+](=O)[O-])([N+](=O)[O-])[N+](=O)[O-]. The van der Waals surface area contributed by atoms with E-state index in [0.717, 1.165) is 0 Å². The predicted octanol–water partition coefficient (Wildman–Crippen LogP) is -1.07. The van der Waals surface area contributed by atoms with Gasteiger partial charge >= 0.3 is 11.6 Å². The van der Waals surface area contributed by atoms with Crippen LogP contribution in [0.3, 0.4) is 0 Å². The molecule has 0 fully saturated rings. The minimum absolute atomic E-state index is 0.321. The standard InChI is InChI=1S/C5H7FN6O10/c1-4(8(13)14,9(15)16)2-7(12(21)22)3-5(6,10(17)18)11(19)20/h2-3H2,1H3. The first-order valence-corrected chi connectivity index (χ1v) is 4.95. The van der Waals surface area contributed by atoms with Crippen LogP contribution in [0.5, 0.6) is 0 Å². The average molecular weight is 330 g/mol. The maximum Gasteiger partial charge on any atom is 0.637 e. The van der Waals surface area contributed by atoms with Crippen molar-refractivity contribution in [3.63, 3.8) is 0 Å². The third-order valence-electron chi connectivity index (χ3n) is 2.44. The summed E-state index contributed by atoms with van der Waals surface area (Å²) in [5.74, 6) is -4.57. The Bertz CT molecular complexity index is 468. The number of nitro groups is 5. The third-order valence-corrected chi connectivity index (χ3v) is 2.44. The van der Waals surface area contributed by atoms with Gasteiger partial charge in [0, 0.05) is 0 Å². The molecule has 0 spiro atoms. The Morgan fingerprint density at radius 2 is 1.18 bits per heavy atom. The molecule has 0 atom stereocenters. The lowest BCUT2D eigenvalue weighted by atomic mass is 10.2. The molecule has 0 aromatic carbocycles. The van der Waals surface area contributed by atoms with Gasteiger partial charge in [-0.25, -0.2) is 10.1 Å². The van der Waals surface area contributed by atoms with Crippen LogP contribution in [0.2, 0.25) is 0 Å². The molecule has 0 N–H and O–H groups in total. The van der Waals surface area contributed by atoms with Crippen molar-refractivity contribution >= 4 is 0 Å². The summed E-state index contributed by atoms with van der Waals surface area (Å²) >= 11 is 0. The zero-order chi connectivity index (χ0) is 17.9. The number of halogens is 1. The van der Waals surface area contributed by atoms with Crippen LogP contribution in [-0.4, -0.2) is 54.4 Å². The monoisotopic (exact) mass is 330 g/mol. The largest absolute Gasteiger partial charge is 0.637 e. The molecule has 17 heteroatoms. The van der Waals surface area contributed by atoms with Crippen LogP contribution in [0.15, 0.2) is 0 Å². The van der Waals surface area contributed by atoms with Gasteiger partial charge < -0.3 is 0 Å². The Morgan fingerprint density at radius 1 is 0.818 bits per heavy atom. The van der Waals surface area contributed by atoms with Gasteiger partial charge in [-0.3, -0.25) is 40.5 Å². The van der Waals surface area contributed by atoms with E-state index in [1.807, 2.05) is 0 Å². The zero-order valence-corrected chi connectivity index (χ0v) is 10.6. The number of nitrogens with zero attached hydrogens (tertiary/aromatic N) is 6. The quantitative estimate of drug-likeness (QED) is 0.214. The molecular weight excluding hydrogens is 323 g/mol. The molecule has 0 saturated heterocycles. The fourth-order valence-electron chi connectivity index (χ4n) is 1.11. The number of rotatable bonds is 9. The van der Waals surface area contributed by atoms with E-state index in [1.165, 1.54) is 0 Å². The van der Waals surface area contributed by atoms with Crippen LogP contribution < -0.4 is 0 Å². The van der Waals surface area contributed by atoms with Gasteiger partial charge in [0.1, 0.15) is 19.7 Å². The van der Waals surface area contributed by atoms with Crippen LogP contribution in [0.4, 0.5) is 4.39 Å². The van der Waals surface area contributed by atoms with Gasteiger partial charge in [-0.1, -0.05) is 9.40 Å². The van der Waals surface area contributed by atoms with Gasteiger partial charge in [0.25, 0.3) is 6.54 Å². The first-order chi connectivity index (χ1) is 9.79. The maximum atomic E-state index is 13.5. The predicted molar refractivity (Wildman–Crippen MR) is 58.8 cm³/mol. The molecule has 0 heterocycles. The maximum absolute atomic E-state index is 13.5. The van der Waals surface area contributed by atoms with Crippen molar-refractivity contribution in [1.29, 1.82) is 0 Å². The Labute approximate surface area is 117 Å². The first-order valence-electron chi connectivity index (χ1n) is 4.95. The molecule has 124 valence electrons. The van der Waals surface area contributed by atoms with Crippen molar-refractivity contribution in [2.24, 2.45) is 0 Å². The van der Waals surface area contributed by atoms with Crippen molar-refractivity contribution in [3.8, 4) is 0 Å². The van der Waals surface area contributed by atoms with Crippen LogP contribution in [0, 0.1) is 50.6 Å². The van der Waals surface area contributed by atoms with E-state index < -0.39 is 54.4 Å². The summed E-state index contributed by atoms with van der Waals surface area (Å²) in [5, 5.41) is 50.2. The number of hydrazine groups is 1. The Balaban J connectivity index is 5.65. The minimum Gasteiger partial charge on any atom is -0.258 e. The Morgan fingerprint density at radius 3 is 1.41 bits per heavy atom. The molecular formula is C5H7FN6O10. The third kappa shape index (κ3) is 3.43. The normalized spacial score (nSPS) is 11.5. The Kier molecular flexibility index (Phi) is 5.12. The highest BCUT2D eigenvalue weighted by Gasteiger charge is 2.64. The van der Waals surface area contributed by atoms with E-state index in [9.17, 15) is 55.0 Å². The lowest BCUT2D eigenvalue weighted by molar-refractivity contribution is -0.847. The van der Waals surface area contributed by atoms with Gasteiger partial charge in [0.15, 0.2) is 5.03 Å². The highest BCUT2D eigenvalue weighted by atomic mass is 19.2. The van der Waals surface area contributed by atoms with Gasteiger partial charge in [-0.05, 0) is 0 Å². The second kappa shape index (κ2) is 6.01. The van der Waals surface area contributed by atoms with Gasteiger partial charge in [-0.2, -0.15) is 0 Å². The fraction of sp³-hybridized carbons (Fsp3) is 1.00. The number of alkyl halides is 1. The molecule has 0 aliphatic carbocycles. The van der Waals surface area contributed by atoms with Crippen molar-refractivity contribution < 1.29 is 29.1 Å². The summed E-state index contributed by atoms with van der Waals surface area (Å²) in [7, 11) is 0. The molecule has 0 radical (unpaired) electrons. The zero-order valence-electron chi connectivity index (χ0n) is 10.6. The molecule has 0 rings (SSSR count). The lowest BCUT2D eigenvalue weighted by Gasteiger charge is -2.18. The lowest BCUT2D eigenvalue weighted by Crippen LogP contribution is -2.59. The minimum atomic E-state index is -4.57. The van der Waals surface area contributed by atoms with Crippen LogP contribution in [0.1, 0.15) is 6.92 Å². The molecule has 0 unspecified atom stereocenters. The van der Waals surface area contributed by atoms with E-state index in [0.29, 0.717) is 6.92 Å². The highest BCUT2D eigenvalue weighted by Crippen LogP contribution is 2.19. The summed E-state index contributed by atoms with van der Waals surface area (Å²) in [4.78, 5) is 45.2.